The minimum absolute atomic E-state index is 0.204. The van der Waals surface area contributed by atoms with Crippen molar-refractivity contribution in [2.24, 2.45) is 0 Å². The van der Waals surface area contributed by atoms with Gasteiger partial charge in [-0.25, -0.2) is 4.79 Å². The van der Waals surface area contributed by atoms with E-state index in [1.165, 1.54) is 11.1 Å². The van der Waals surface area contributed by atoms with Crippen LogP contribution in [0.2, 0.25) is 0 Å². The van der Waals surface area contributed by atoms with Gasteiger partial charge in [-0.15, -0.1) is 11.3 Å². The normalized spacial score (nSPS) is 11.4. The number of rotatable bonds is 6. The van der Waals surface area contributed by atoms with Gasteiger partial charge < -0.3 is 9.52 Å². The molecule has 2 aromatic rings. The minimum Gasteiger partial charge on any atom is -0.478 e. The second-order valence-electron chi connectivity index (χ2n) is 4.68. The van der Waals surface area contributed by atoms with Gasteiger partial charge in [0.05, 0.1) is 12.1 Å². The molecule has 2 aromatic heterocycles. The van der Waals surface area contributed by atoms with Gasteiger partial charge in [-0.05, 0) is 31.4 Å². The SMILES string of the molecule is CC(C)N(Cc1cc(C(=O)O)co1)Cc1cccs1. The van der Waals surface area contributed by atoms with Crippen LogP contribution in [-0.2, 0) is 13.1 Å². The Labute approximate surface area is 116 Å². The van der Waals surface area contributed by atoms with Crippen molar-refractivity contribution in [1.29, 1.82) is 0 Å². The summed E-state index contributed by atoms with van der Waals surface area (Å²) in [5, 5.41) is 10.9. The first-order chi connectivity index (χ1) is 9.06. The maximum absolute atomic E-state index is 10.8. The topological polar surface area (TPSA) is 53.7 Å². The zero-order valence-corrected chi connectivity index (χ0v) is 11.8. The molecule has 0 spiro atoms. The van der Waals surface area contributed by atoms with Crippen LogP contribution in [0.3, 0.4) is 0 Å². The lowest BCUT2D eigenvalue weighted by molar-refractivity contribution is 0.0696. The molecule has 0 atom stereocenters. The first kappa shape index (κ1) is 13.8. The van der Waals surface area contributed by atoms with Crippen LogP contribution >= 0.6 is 11.3 Å². The molecule has 2 heterocycles. The van der Waals surface area contributed by atoms with Crippen molar-refractivity contribution in [2.45, 2.75) is 33.0 Å². The largest absolute Gasteiger partial charge is 0.478 e. The molecule has 0 aliphatic carbocycles. The molecule has 0 aliphatic heterocycles. The zero-order chi connectivity index (χ0) is 13.8. The summed E-state index contributed by atoms with van der Waals surface area (Å²) in [4.78, 5) is 14.4. The van der Waals surface area contributed by atoms with Crippen LogP contribution in [0.5, 0.6) is 0 Å². The van der Waals surface area contributed by atoms with Crippen LogP contribution < -0.4 is 0 Å². The highest BCUT2D eigenvalue weighted by atomic mass is 32.1. The number of hydrogen-bond acceptors (Lipinski definition) is 4. The Kier molecular flexibility index (Phi) is 4.39. The Hall–Kier alpha value is -1.59. The third-order valence-electron chi connectivity index (χ3n) is 2.93. The molecular weight excluding hydrogens is 262 g/mol. The van der Waals surface area contributed by atoms with Gasteiger partial charge in [0.15, 0.2) is 0 Å². The molecular formula is C14H17NO3S. The first-order valence-electron chi connectivity index (χ1n) is 6.13. The fourth-order valence-corrected chi connectivity index (χ4v) is 2.53. The minimum atomic E-state index is -0.954. The number of nitrogens with zero attached hydrogens (tertiary/aromatic N) is 1. The zero-order valence-electron chi connectivity index (χ0n) is 11.0. The summed E-state index contributed by atoms with van der Waals surface area (Å²) in [7, 11) is 0. The quantitative estimate of drug-likeness (QED) is 0.880. The Morgan fingerprint density at radius 3 is 2.79 bits per heavy atom. The molecule has 102 valence electrons. The smallest absolute Gasteiger partial charge is 0.338 e. The molecule has 4 nitrogen and oxygen atoms in total. The van der Waals surface area contributed by atoms with E-state index in [1.54, 1.807) is 17.4 Å². The lowest BCUT2D eigenvalue weighted by atomic mass is 10.2. The molecule has 0 saturated carbocycles. The van der Waals surface area contributed by atoms with Crippen LogP contribution in [0.25, 0.3) is 0 Å². The van der Waals surface area contributed by atoms with E-state index in [-0.39, 0.29) is 5.56 Å². The standard InChI is InChI=1S/C14H17NO3S/c1-10(2)15(8-13-4-3-5-19-13)7-12-6-11(9-18-12)14(16)17/h3-6,9-10H,7-8H2,1-2H3,(H,16,17). The van der Waals surface area contributed by atoms with Crippen molar-refractivity contribution in [1.82, 2.24) is 4.90 Å². The predicted molar refractivity (Wildman–Crippen MR) is 74.4 cm³/mol. The molecule has 19 heavy (non-hydrogen) atoms. The molecule has 0 fully saturated rings. The summed E-state index contributed by atoms with van der Waals surface area (Å²) in [6.45, 7) is 5.70. The maximum atomic E-state index is 10.8. The average Bonchev–Trinajstić information content (AvgIpc) is 2.98. The second-order valence-corrected chi connectivity index (χ2v) is 5.72. The highest BCUT2D eigenvalue weighted by Crippen LogP contribution is 2.18. The summed E-state index contributed by atoms with van der Waals surface area (Å²) in [5.41, 5.74) is 0.204. The second kappa shape index (κ2) is 6.04. The van der Waals surface area contributed by atoms with Crippen molar-refractivity contribution >= 4 is 17.3 Å². The number of carboxylic acids is 1. The summed E-state index contributed by atoms with van der Waals surface area (Å²) in [6, 6.07) is 6.09. The van der Waals surface area contributed by atoms with E-state index in [0.29, 0.717) is 18.3 Å². The fourth-order valence-electron chi connectivity index (χ4n) is 1.80. The highest BCUT2D eigenvalue weighted by Gasteiger charge is 2.15. The Balaban J connectivity index is 2.05. The number of thiophene rings is 1. The van der Waals surface area contributed by atoms with Gasteiger partial charge in [-0.2, -0.15) is 0 Å². The van der Waals surface area contributed by atoms with E-state index in [4.69, 9.17) is 9.52 Å². The van der Waals surface area contributed by atoms with E-state index >= 15 is 0 Å². The first-order valence-corrected chi connectivity index (χ1v) is 7.01. The number of aromatic carboxylic acids is 1. The van der Waals surface area contributed by atoms with Gasteiger partial charge in [-0.3, -0.25) is 4.90 Å². The predicted octanol–water partition coefficient (Wildman–Crippen LogP) is 3.45. The van der Waals surface area contributed by atoms with E-state index < -0.39 is 5.97 Å². The van der Waals surface area contributed by atoms with E-state index in [2.05, 4.69) is 30.2 Å². The van der Waals surface area contributed by atoms with Gasteiger partial charge in [0.1, 0.15) is 12.0 Å². The van der Waals surface area contributed by atoms with Gasteiger partial charge in [0, 0.05) is 17.5 Å². The van der Waals surface area contributed by atoms with Crippen molar-refractivity contribution in [3.05, 3.63) is 46.0 Å². The lowest BCUT2D eigenvalue weighted by Crippen LogP contribution is -2.29. The van der Waals surface area contributed by atoms with Crippen LogP contribution in [0, 0.1) is 0 Å². The van der Waals surface area contributed by atoms with Gasteiger partial charge >= 0.3 is 5.97 Å². The number of carboxylic acid groups (broad SMARTS) is 1. The Morgan fingerprint density at radius 2 is 2.26 bits per heavy atom. The van der Waals surface area contributed by atoms with Crippen LogP contribution in [0.1, 0.15) is 34.8 Å². The fraction of sp³-hybridized carbons (Fsp3) is 0.357. The molecule has 2 rings (SSSR count). The molecule has 0 aliphatic rings. The highest BCUT2D eigenvalue weighted by molar-refractivity contribution is 7.09. The Morgan fingerprint density at radius 1 is 1.47 bits per heavy atom. The summed E-state index contributed by atoms with van der Waals surface area (Å²) in [6.07, 6.45) is 1.29. The number of hydrogen-bond donors (Lipinski definition) is 1. The molecule has 0 amide bonds. The monoisotopic (exact) mass is 279 g/mol. The number of furan rings is 1. The third-order valence-corrected chi connectivity index (χ3v) is 3.79. The molecule has 0 bridgehead atoms. The van der Waals surface area contributed by atoms with Crippen molar-refractivity contribution < 1.29 is 14.3 Å². The summed E-state index contributed by atoms with van der Waals surface area (Å²) < 4.78 is 5.31. The number of carbonyl (C=O) groups is 1. The molecule has 0 unspecified atom stereocenters. The van der Waals surface area contributed by atoms with Gasteiger partial charge in [0.25, 0.3) is 0 Å². The van der Waals surface area contributed by atoms with Gasteiger partial charge in [0.2, 0.25) is 0 Å². The van der Waals surface area contributed by atoms with Crippen LogP contribution in [0.15, 0.2) is 34.3 Å². The van der Waals surface area contributed by atoms with E-state index in [0.717, 1.165) is 6.54 Å². The summed E-state index contributed by atoms with van der Waals surface area (Å²) in [5.74, 6) is -0.271. The van der Waals surface area contributed by atoms with Gasteiger partial charge in [-0.1, -0.05) is 6.07 Å². The third kappa shape index (κ3) is 3.68. The molecule has 0 radical (unpaired) electrons. The lowest BCUT2D eigenvalue weighted by Gasteiger charge is -2.24. The Bertz CT molecular complexity index is 531. The maximum Gasteiger partial charge on any atom is 0.338 e. The van der Waals surface area contributed by atoms with Crippen molar-refractivity contribution in [2.75, 3.05) is 0 Å². The van der Waals surface area contributed by atoms with E-state index in [1.807, 2.05) is 6.07 Å². The molecule has 1 N–H and O–H groups in total. The molecule has 0 aromatic carbocycles. The molecule has 0 saturated heterocycles. The summed E-state index contributed by atoms with van der Waals surface area (Å²) >= 11 is 1.72. The van der Waals surface area contributed by atoms with Crippen molar-refractivity contribution in [3.63, 3.8) is 0 Å². The van der Waals surface area contributed by atoms with E-state index in [9.17, 15) is 4.79 Å². The molecule has 5 heteroatoms. The van der Waals surface area contributed by atoms with Crippen molar-refractivity contribution in [3.8, 4) is 0 Å². The average molecular weight is 279 g/mol. The van der Waals surface area contributed by atoms with Crippen LogP contribution in [0.4, 0.5) is 0 Å². The van der Waals surface area contributed by atoms with Crippen LogP contribution in [-0.4, -0.2) is 22.0 Å².